The quantitative estimate of drug-likeness (QED) is 0.824. The normalized spacial score (nSPS) is 12.3. The Morgan fingerprint density at radius 3 is 2.85 bits per heavy atom. The van der Waals surface area contributed by atoms with Crippen LogP contribution in [0.15, 0.2) is 30.3 Å². The molecule has 3 nitrogen and oxygen atoms in total. The summed E-state index contributed by atoms with van der Waals surface area (Å²) in [5.74, 6) is 1.11. The Balaban J connectivity index is 2.28. The van der Waals surface area contributed by atoms with Crippen LogP contribution < -0.4 is 10.5 Å². The minimum Gasteiger partial charge on any atom is -0.477 e. The Hall–Kier alpha value is -1.68. The first-order valence-electron chi connectivity index (χ1n) is 6.94. The number of nitrogens with two attached hydrogens (primary N) is 1. The standard InChI is InChI=1S/C16H20N2OS/c1-3-6-11(2)10-19-15-9-13(16(17)20)12-7-4-5-8-14(12)18-15/h4-5,7-9,11H,3,6,10H2,1-2H3,(H2,17,20). The molecule has 106 valence electrons. The van der Waals surface area contributed by atoms with Crippen molar-refractivity contribution in [2.45, 2.75) is 26.7 Å². The molecule has 2 aromatic rings. The highest BCUT2D eigenvalue weighted by molar-refractivity contribution is 7.80. The first-order valence-corrected chi connectivity index (χ1v) is 7.35. The number of fused-ring (bicyclic) bond motifs is 1. The zero-order valence-corrected chi connectivity index (χ0v) is 12.7. The molecule has 2 N–H and O–H groups in total. The highest BCUT2D eigenvalue weighted by Crippen LogP contribution is 2.22. The van der Waals surface area contributed by atoms with Crippen LogP contribution in [0.3, 0.4) is 0 Å². The van der Waals surface area contributed by atoms with Crippen molar-refractivity contribution in [2.75, 3.05) is 6.61 Å². The van der Waals surface area contributed by atoms with Crippen LogP contribution in [0.2, 0.25) is 0 Å². The SMILES string of the molecule is CCCC(C)COc1cc(C(N)=S)c2ccccc2n1. The number of aromatic nitrogens is 1. The van der Waals surface area contributed by atoms with Crippen LogP contribution in [0.25, 0.3) is 10.9 Å². The van der Waals surface area contributed by atoms with E-state index in [1.165, 1.54) is 0 Å². The van der Waals surface area contributed by atoms with E-state index in [1.54, 1.807) is 0 Å². The first-order chi connectivity index (χ1) is 9.61. The van der Waals surface area contributed by atoms with Gasteiger partial charge in [0.25, 0.3) is 0 Å². The molecule has 0 bridgehead atoms. The van der Waals surface area contributed by atoms with Gasteiger partial charge in [0.15, 0.2) is 0 Å². The summed E-state index contributed by atoms with van der Waals surface area (Å²) in [4.78, 5) is 4.88. The lowest BCUT2D eigenvalue weighted by molar-refractivity contribution is 0.244. The topological polar surface area (TPSA) is 48.1 Å². The van der Waals surface area contributed by atoms with Gasteiger partial charge in [-0.1, -0.05) is 50.7 Å². The van der Waals surface area contributed by atoms with E-state index in [2.05, 4.69) is 18.8 Å². The number of para-hydroxylation sites is 1. The lowest BCUT2D eigenvalue weighted by Gasteiger charge is -2.13. The average Bonchev–Trinajstić information content (AvgIpc) is 2.44. The Morgan fingerprint density at radius 2 is 2.15 bits per heavy atom. The lowest BCUT2D eigenvalue weighted by atomic mass is 10.1. The Bertz CT molecular complexity index is 612. The summed E-state index contributed by atoms with van der Waals surface area (Å²) < 4.78 is 5.79. The fourth-order valence-electron chi connectivity index (χ4n) is 2.23. The van der Waals surface area contributed by atoms with Crippen molar-refractivity contribution in [3.63, 3.8) is 0 Å². The molecule has 2 rings (SSSR count). The molecule has 0 saturated carbocycles. The Labute approximate surface area is 125 Å². The minimum atomic E-state index is 0.370. The molecule has 0 spiro atoms. The monoisotopic (exact) mass is 288 g/mol. The van der Waals surface area contributed by atoms with Gasteiger partial charge in [-0.15, -0.1) is 0 Å². The van der Waals surface area contributed by atoms with Crippen molar-refractivity contribution in [3.05, 3.63) is 35.9 Å². The molecule has 0 aliphatic rings. The van der Waals surface area contributed by atoms with Gasteiger partial charge in [0.1, 0.15) is 4.99 Å². The fraction of sp³-hybridized carbons (Fsp3) is 0.375. The summed E-state index contributed by atoms with van der Waals surface area (Å²) in [6, 6.07) is 9.65. The van der Waals surface area contributed by atoms with Crippen molar-refractivity contribution in [1.29, 1.82) is 0 Å². The van der Waals surface area contributed by atoms with Gasteiger partial charge in [-0.25, -0.2) is 4.98 Å². The smallest absolute Gasteiger partial charge is 0.214 e. The number of benzene rings is 1. The van der Waals surface area contributed by atoms with Gasteiger partial charge in [-0.3, -0.25) is 0 Å². The Morgan fingerprint density at radius 1 is 1.40 bits per heavy atom. The Kier molecular flexibility index (Phi) is 4.90. The maximum Gasteiger partial charge on any atom is 0.214 e. The maximum absolute atomic E-state index is 5.80. The van der Waals surface area contributed by atoms with Crippen LogP contribution in [0.4, 0.5) is 0 Å². The molecular formula is C16H20N2OS. The van der Waals surface area contributed by atoms with E-state index in [-0.39, 0.29) is 0 Å². The van der Waals surface area contributed by atoms with E-state index in [0.29, 0.717) is 23.4 Å². The van der Waals surface area contributed by atoms with Crippen LogP contribution >= 0.6 is 12.2 Å². The van der Waals surface area contributed by atoms with Gasteiger partial charge in [0.05, 0.1) is 12.1 Å². The molecule has 0 aliphatic carbocycles. The summed E-state index contributed by atoms with van der Waals surface area (Å²) in [6.07, 6.45) is 2.31. The number of nitrogens with zero attached hydrogens (tertiary/aromatic N) is 1. The summed E-state index contributed by atoms with van der Waals surface area (Å²) in [5, 5.41) is 0.967. The first kappa shape index (κ1) is 14.7. The van der Waals surface area contributed by atoms with Crippen LogP contribution in [-0.2, 0) is 0 Å². The van der Waals surface area contributed by atoms with Gasteiger partial charge in [0, 0.05) is 17.0 Å². The fourth-order valence-corrected chi connectivity index (χ4v) is 2.40. The predicted octanol–water partition coefficient (Wildman–Crippen LogP) is 3.68. The molecule has 0 amide bonds. The largest absolute Gasteiger partial charge is 0.477 e. The third-order valence-electron chi connectivity index (χ3n) is 3.26. The van der Waals surface area contributed by atoms with Gasteiger partial charge < -0.3 is 10.5 Å². The van der Waals surface area contributed by atoms with Crippen LogP contribution in [0.1, 0.15) is 32.3 Å². The highest BCUT2D eigenvalue weighted by atomic mass is 32.1. The second kappa shape index (κ2) is 6.66. The second-order valence-electron chi connectivity index (χ2n) is 5.09. The maximum atomic E-state index is 5.80. The minimum absolute atomic E-state index is 0.370. The number of hydrogen-bond donors (Lipinski definition) is 1. The van der Waals surface area contributed by atoms with Gasteiger partial charge in [-0.2, -0.15) is 0 Å². The molecular weight excluding hydrogens is 268 g/mol. The molecule has 0 fully saturated rings. The molecule has 1 atom stereocenters. The van der Waals surface area contributed by atoms with Crippen LogP contribution in [0.5, 0.6) is 5.88 Å². The van der Waals surface area contributed by atoms with Crippen LogP contribution in [0, 0.1) is 5.92 Å². The molecule has 1 heterocycles. The summed E-state index contributed by atoms with van der Waals surface area (Å²) >= 11 is 5.12. The van der Waals surface area contributed by atoms with E-state index in [4.69, 9.17) is 22.7 Å². The van der Waals surface area contributed by atoms with Crippen molar-refractivity contribution >= 4 is 28.1 Å². The second-order valence-corrected chi connectivity index (χ2v) is 5.53. The van der Waals surface area contributed by atoms with Gasteiger partial charge in [-0.05, 0) is 18.4 Å². The molecule has 0 aliphatic heterocycles. The summed E-state index contributed by atoms with van der Waals surface area (Å²) in [7, 11) is 0. The number of pyridine rings is 1. The third-order valence-corrected chi connectivity index (χ3v) is 3.48. The molecule has 1 aromatic heterocycles. The van der Waals surface area contributed by atoms with E-state index in [0.717, 1.165) is 29.3 Å². The van der Waals surface area contributed by atoms with E-state index in [1.807, 2.05) is 30.3 Å². The van der Waals surface area contributed by atoms with E-state index in [9.17, 15) is 0 Å². The lowest BCUT2D eigenvalue weighted by Crippen LogP contribution is -2.13. The summed E-state index contributed by atoms with van der Waals surface area (Å²) in [5.41, 5.74) is 7.48. The molecule has 1 unspecified atom stereocenters. The number of rotatable bonds is 6. The molecule has 0 saturated heterocycles. The predicted molar refractivity (Wildman–Crippen MR) is 87.2 cm³/mol. The summed E-state index contributed by atoms with van der Waals surface area (Å²) in [6.45, 7) is 5.02. The zero-order valence-electron chi connectivity index (χ0n) is 11.9. The third kappa shape index (κ3) is 3.45. The van der Waals surface area contributed by atoms with Crippen molar-refractivity contribution in [2.24, 2.45) is 11.7 Å². The molecule has 4 heteroatoms. The van der Waals surface area contributed by atoms with E-state index >= 15 is 0 Å². The number of hydrogen-bond acceptors (Lipinski definition) is 3. The van der Waals surface area contributed by atoms with Gasteiger partial charge in [0.2, 0.25) is 5.88 Å². The number of thiocarbonyl (C=S) groups is 1. The van der Waals surface area contributed by atoms with Gasteiger partial charge >= 0.3 is 0 Å². The molecule has 1 aromatic carbocycles. The highest BCUT2D eigenvalue weighted by Gasteiger charge is 2.09. The average molecular weight is 288 g/mol. The van der Waals surface area contributed by atoms with Crippen LogP contribution in [-0.4, -0.2) is 16.6 Å². The van der Waals surface area contributed by atoms with Crippen molar-refractivity contribution < 1.29 is 4.74 Å². The zero-order chi connectivity index (χ0) is 14.5. The number of ether oxygens (including phenoxy) is 1. The molecule has 0 radical (unpaired) electrons. The van der Waals surface area contributed by atoms with Crippen molar-refractivity contribution in [1.82, 2.24) is 4.98 Å². The van der Waals surface area contributed by atoms with Crippen molar-refractivity contribution in [3.8, 4) is 5.88 Å². The molecule has 20 heavy (non-hydrogen) atoms. The van der Waals surface area contributed by atoms with E-state index < -0.39 is 0 Å².